The molecule has 0 spiro atoms. The van der Waals surface area contributed by atoms with Gasteiger partial charge >= 0.3 is 5.97 Å². The Kier molecular flexibility index (Phi) is 8.92. The van der Waals surface area contributed by atoms with Crippen LogP contribution in [0.4, 0.5) is 5.69 Å². The van der Waals surface area contributed by atoms with E-state index in [2.05, 4.69) is 10.3 Å². The summed E-state index contributed by atoms with van der Waals surface area (Å²) in [6.45, 7) is 5.51. The van der Waals surface area contributed by atoms with Crippen molar-refractivity contribution >= 4 is 34.4 Å². The Morgan fingerprint density at radius 2 is 1.74 bits per heavy atom. The summed E-state index contributed by atoms with van der Waals surface area (Å²) in [6, 6.07) is 14.9. The van der Waals surface area contributed by atoms with Gasteiger partial charge in [0.25, 0.3) is 5.91 Å². The van der Waals surface area contributed by atoms with Crippen molar-refractivity contribution in [1.29, 1.82) is 0 Å². The number of nitrogens with one attached hydrogen (secondary N) is 1. The average Bonchev–Trinajstić information content (AvgIpc) is 2.84. The number of rotatable bonds is 10. The topological polar surface area (TPSA) is 97.8 Å². The summed E-state index contributed by atoms with van der Waals surface area (Å²) in [6.07, 6.45) is 0.656. The number of fused-ring (bicyclic) bond motifs is 1. The molecule has 0 saturated carbocycles. The SMILES string of the molecule is CCCN(CC(=O)Nc1ccccc1C)C(=O)COC(=O)c1c(COC)nc2ccccc2c1C. The van der Waals surface area contributed by atoms with Gasteiger partial charge in [-0.05, 0) is 43.5 Å². The van der Waals surface area contributed by atoms with Crippen LogP contribution < -0.4 is 5.32 Å². The van der Waals surface area contributed by atoms with Crippen LogP contribution >= 0.6 is 0 Å². The van der Waals surface area contributed by atoms with Crippen LogP contribution in [0.2, 0.25) is 0 Å². The molecule has 1 aromatic heterocycles. The van der Waals surface area contributed by atoms with Crippen molar-refractivity contribution in [2.45, 2.75) is 33.8 Å². The monoisotopic (exact) mass is 477 g/mol. The van der Waals surface area contributed by atoms with Crippen molar-refractivity contribution in [3.05, 3.63) is 70.9 Å². The first-order chi connectivity index (χ1) is 16.8. The van der Waals surface area contributed by atoms with Crippen LogP contribution in [-0.2, 0) is 25.7 Å². The van der Waals surface area contributed by atoms with E-state index < -0.39 is 18.5 Å². The van der Waals surface area contributed by atoms with Gasteiger partial charge in [0.1, 0.15) is 0 Å². The normalized spacial score (nSPS) is 10.7. The lowest BCUT2D eigenvalue weighted by molar-refractivity contribution is -0.137. The lowest BCUT2D eigenvalue weighted by Gasteiger charge is -2.22. The molecule has 1 heterocycles. The van der Waals surface area contributed by atoms with Crippen molar-refractivity contribution < 1.29 is 23.9 Å². The van der Waals surface area contributed by atoms with E-state index in [0.29, 0.717) is 29.9 Å². The van der Waals surface area contributed by atoms with E-state index in [1.54, 1.807) is 6.07 Å². The van der Waals surface area contributed by atoms with Gasteiger partial charge in [-0.25, -0.2) is 9.78 Å². The number of benzene rings is 2. The molecule has 0 aliphatic carbocycles. The Bertz CT molecular complexity index is 1220. The average molecular weight is 478 g/mol. The molecule has 8 nitrogen and oxygen atoms in total. The Labute approximate surface area is 205 Å². The van der Waals surface area contributed by atoms with Gasteiger partial charge in [0.05, 0.1) is 29.9 Å². The second-order valence-corrected chi connectivity index (χ2v) is 8.26. The third-order valence-electron chi connectivity index (χ3n) is 5.64. The molecule has 2 amide bonds. The van der Waals surface area contributed by atoms with Crippen LogP contribution in [0.1, 0.15) is 40.5 Å². The molecule has 3 aromatic rings. The molecule has 8 heteroatoms. The Morgan fingerprint density at radius 1 is 1.03 bits per heavy atom. The summed E-state index contributed by atoms with van der Waals surface area (Å²) in [4.78, 5) is 44.4. The van der Waals surface area contributed by atoms with Crippen molar-refractivity contribution in [2.24, 2.45) is 0 Å². The number of aryl methyl sites for hydroxylation is 2. The number of ether oxygens (including phenoxy) is 2. The van der Waals surface area contributed by atoms with E-state index >= 15 is 0 Å². The predicted molar refractivity (Wildman–Crippen MR) is 134 cm³/mol. The van der Waals surface area contributed by atoms with Gasteiger partial charge in [-0.1, -0.05) is 43.3 Å². The lowest BCUT2D eigenvalue weighted by atomic mass is 10.0. The molecular formula is C27H31N3O5. The van der Waals surface area contributed by atoms with Gasteiger partial charge in [0.2, 0.25) is 5.91 Å². The maximum absolute atomic E-state index is 13.0. The maximum Gasteiger partial charge on any atom is 0.340 e. The van der Waals surface area contributed by atoms with Gasteiger partial charge < -0.3 is 19.7 Å². The number of methoxy groups -OCH3 is 1. The maximum atomic E-state index is 13.0. The number of para-hydroxylation sites is 2. The number of carbonyl (C=O) groups is 3. The van der Waals surface area contributed by atoms with Crippen LogP contribution in [0, 0.1) is 13.8 Å². The van der Waals surface area contributed by atoms with E-state index in [1.807, 2.05) is 63.2 Å². The second kappa shape index (κ2) is 12.1. The number of anilines is 1. The second-order valence-electron chi connectivity index (χ2n) is 8.26. The number of pyridine rings is 1. The number of hydrogen-bond donors (Lipinski definition) is 1. The van der Waals surface area contributed by atoms with Crippen LogP contribution in [-0.4, -0.2) is 54.5 Å². The molecule has 0 bridgehead atoms. The lowest BCUT2D eigenvalue weighted by Crippen LogP contribution is -2.41. The number of esters is 1. The molecule has 2 aromatic carbocycles. The summed E-state index contributed by atoms with van der Waals surface area (Å²) in [5.74, 6) is -1.41. The smallest absolute Gasteiger partial charge is 0.340 e. The van der Waals surface area contributed by atoms with Gasteiger partial charge in [0, 0.05) is 24.7 Å². The van der Waals surface area contributed by atoms with E-state index in [4.69, 9.17) is 9.47 Å². The van der Waals surface area contributed by atoms with Crippen molar-refractivity contribution in [2.75, 3.05) is 32.1 Å². The molecule has 0 saturated heterocycles. The van der Waals surface area contributed by atoms with Gasteiger partial charge in [-0.2, -0.15) is 0 Å². The summed E-state index contributed by atoms with van der Waals surface area (Å²) in [5.41, 5.74) is 3.82. The first-order valence-corrected chi connectivity index (χ1v) is 11.5. The number of carbonyl (C=O) groups excluding carboxylic acids is 3. The van der Waals surface area contributed by atoms with E-state index in [9.17, 15) is 14.4 Å². The fraction of sp³-hybridized carbons (Fsp3) is 0.333. The Balaban J connectivity index is 1.71. The minimum absolute atomic E-state index is 0.130. The molecule has 3 rings (SSSR count). The molecule has 35 heavy (non-hydrogen) atoms. The fourth-order valence-corrected chi connectivity index (χ4v) is 3.88. The number of amides is 2. The van der Waals surface area contributed by atoms with Crippen LogP contribution in [0.5, 0.6) is 0 Å². The van der Waals surface area contributed by atoms with Crippen molar-refractivity contribution in [1.82, 2.24) is 9.88 Å². The highest BCUT2D eigenvalue weighted by molar-refractivity contribution is 5.99. The highest BCUT2D eigenvalue weighted by Gasteiger charge is 2.23. The van der Waals surface area contributed by atoms with Gasteiger partial charge in [-0.3, -0.25) is 9.59 Å². The molecule has 0 atom stereocenters. The third kappa shape index (κ3) is 6.42. The van der Waals surface area contributed by atoms with Crippen LogP contribution in [0.15, 0.2) is 48.5 Å². The zero-order chi connectivity index (χ0) is 25.4. The number of aromatic nitrogens is 1. The highest BCUT2D eigenvalue weighted by atomic mass is 16.5. The number of nitrogens with zero attached hydrogens (tertiary/aromatic N) is 2. The molecule has 1 N–H and O–H groups in total. The largest absolute Gasteiger partial charge is 0.452 e. The minimum atomic E-state index is -0.651. The summed E-state index contributed by atoms with van der Waals surface area (Å²) >= 11 is 0. The molecule has 0 radical (unpaired) electrons. The zero-order valence-corrected chi connectivity index (χ0v) is 20.6. The predicted octanol–water partition coefficient (Wildman–Crippen LogP) is 4.03. The molecule has 0 aliphatic heterocycles. The summed E-state index contributed by atoms with van der Waals surface area (Å²) in [7, 11) is 1.52. The van der Waals surface area contributed by atoms with Gasteiger partial charge in [-0.15, -0.1) is 0 Å². The minimum Gasteiger partial charge on any atom is -0.452 e. The van der Waals surface area contributed by atoms with Crippen LogP contribution in [0.25, 0.3) is 10.9 Å². The Hall–Kier alpha value is -3.78. The third-order valence-corrected chi connectivity index (χ3v) is 5.64. The quantitative estimate of drug-likeness (QED) is 0.443. The summed E-state index contributed by atoms with van der Waals surface area (Å²) < 4.78 is 10.6. The molecular weight excluding hydrogens is 446 g/mol. The van der Waals surface area contributed by atoms with Crippen molar-refractivity contribution in [3.63, 3.8) is 0 Å². The molecule has 0 fully saturated rings. The standard InChI is InChI=1S/C27H31N3O5/c1-5-14-30(15-24(31)29-21-12-8-6-10-18(21)2)25(32)17-35-27(33)26-19(3)20-11-7-9-13-22(20)28-23(26)16-34-4/h6-13H,5,14-17H2,1-4H3,(H,29,31). The van der Waals surface area contributed by atoms with E-state index in [0.717, 1.165) is 16.5 Å². The van der Waals surface area contributed by atoms with E-state index in [-0.39, 0.29) is 24.6 Å². The highest BCUT2D eigenvalue weighted by Crippen LogP contribution is 2.24. The molecule has 184 valence electrons. The number of hydrogen-bond acceptors (Lipinski definition) is 6. The van der Waals surface area contributed by atoms with Gasteiger partial charge in [0.15, 0.2) is 6.61 Å². The molecule has 0 aliphatic rings. The Morgan fingerprint density at radius 3 is 2.46 bits per heavy atom. The van der Waals surface area contributed by atoms with Crippen molar-refractivity contribution in [3.8, 4) is 0 Å². The zero-order valence-electron chi connectivity index (χ0n) is 20.6. The first-order valence-electron chi connectivity index (χ1n) is 11.5. The van der Waals surface area contributed by atoms with E-state index in [1.165, 1.54) is 12.0 Å². The molecule has 0 unspecified atom stereocenters. The first kappa shape index (κ1) is 25.8. The summed E-state index contributed by atoms with van der Waals surface area (Å²) in [5, 5.41) is 3.65. The fourth-order valence-electron chi connectivity index (χ4n) is 3.88. The van der Waals surface area contributed by atoms with Crippen LogP contribution in [0.3, 0.4) is 0 Å².